The van der Waals surface area contributed by atoms with E-state index >= 15 is 0 Å². The van der Waals surface area contributed by atoms with Crippen molar-refractivity contribution < 1.29 is 4.79 Å². The van der Waals surface area contributed by atoms with Crippen molar-refractivity contribution in [1.82, 2.24) is 19.8 Å². The highest BCUT2D eigenvalue weighted by Gasteiger charge is 2.35. The normalized spacial score (nSPS) is 20.7. The van der Waals surface area contributed by atoms with E-state index in [1.54, 1.807) is 11.2 Å². The standard InChI is InChI=1S/C17H23N5O/c1-12-3-5-13(6-4-12)7-19-17(23)22-8-14(15(18)9-22)16-10-21(2)11-20-16/h3-6,10-11,14-15H,7-9,18H2,1-2H3,(H,19,23)/t14-,15-/m1/s1. The van der Waals surface area contributed by atoms with Crippen LogP contribution in [0.25, 0.3) is 0 Å². The quantitative estimate of drug-likeness (QED) is 0.898. The molecule has 0 radical (unpaired) electrons. The lowest BCUT2D eigenvalue weighted by Gasteiger charge is -2.17. The Kier molecular flexibility index (Phi) is 4.34. The maximum absolute atomic E-state index is 12.3. The molecule has 0 spiro atoms. The van der Waals surface area contributed by atoms with Crippen LogP contribution in [-0.4, -0.2) is 39.6 Å². The molecule has 1 aromatic carbocycles. The maximum atomic E-state index is 12.3. The second-order valence-electron chi connectivity index (χ2n) is 6.28. The van der Waals surface area contributed by atoms with E-state index in [4.69, 9.17) is 5.73 Å². The van der Waals surface area contributed by atoms with Gasteiger partial charge < -0.3 is 20.5 Å². The number of nitrogens with one attached hydrogen (secondary N) is 1. The van der Waals surface area contributed by atoms with E-state index in [9.17, 15) is 4.79 Å². The van der Waals surface area contributed by atoms with Gasteiger partial charge in [-0.25, -0.2) is 9.78 Å². The van der Waals surface area contributed by atoms with Crippen LogP contribution in [0.4, 0.5) is 4.79 Å². The first-order valence-corrected chi connectivity index (χ1v) is 7.84. The van der Waals surface area contributed by atoms with E-state index in [1.165, 1.54) is 5.56 Å². The van der Waals surface area contributed by atoms with Gasteiger partial charge in [-0.3, -0.25) is 0 Å². The van der Waals surface area contributed by atoms with E-state index in [0.717, 1.165) is 11.3 Å². The third kappa shape index (κ3) is 3.53. The van der Waals surface area contributed by atoms with Gasteiger partial charge in [0.15, 0.2) is 0 Å². The van der Waals surface area contributed by atoms with Crippen LogP contribution in [0.3, 0.4) is 0 Å². The summed E-state index contributed by atoms with van der Waals surface area (Å²) < 4.78 is 1.90. The van der Waals surface area contributed by atoms with Crippen LogP contribution in [0.1, 0.15) is 22.7 Å². The first-order valence-electron chi connectivity index (χ1n) is 7.84. The Balaban J connectivity index is 1.57. The van der Waals surface area contributed by atoms with Crippen LogP contribution in [-0.2, 0) is 13.6 Å². The first kappa shape index (κ1) is 15.6. The fourth-order valence-corrected chi connectivity index (χ4v) is 2.93. The Labute approximate surface area is 136 Å². The van der Waals surface area contributed by atoms with Crippen molar-refractivity contribution >= 4 is 6.03 Å². The Morgan fingerprint density at radius 2 is 2.09 bits per heavy atom. The summed E-state index contributed by atoms with van der Waals surface area (Å²) >= 11 is 0. The second-order valence-corrected chi connectivity index (χ2v) is 6.28. The van der Waals surface area contributed by atoms with Crippen molar-refractivity contribution in [3.05, 3.63) is 53.6 Å². The molecular formula is C17H23N5O. The van der Waals surface area contributed by atoms with Gasteiger partial charge in [-0.2, -0.15) is 0 Å². The number of benzene rings is 1. The maximum Gasteiger partial charge on any atom is 0.317 e. The average molecular weight is 313 g/mol. The minimum absolute atomic E-state index is 0.0699. The molecule has 1 aliphatic rings. The number of amides is 2. The Hall–Kier alpha value is -2.34. The van der Waals surface area contributed by atoms with Crippen molar-refractivity contribution in [3.63, 3.8) is 0 Å². The number of nitrogens with two attached hydrogens (primary N) is 1. The number of imidazole rings is 1. The van der Waals surface area contributed by atoms with E-state index in [0.29, 0.717) is 19.6 Å². The van der Waals surface area contributed by atoms with Gasteiger partial charge in [0, 0.05) is 44.8 Å². The van der Waals surface area contributed by atoms with Crippen molar-refractivity contribution in [1.29, 1.82) is 0 Å². The summed E-state index contributed by atoms with van der Waals surface area (Å²) in [6, 6.07) is 8.01. The molecule has 1 aromatic heterocycles. The second kappa shape index (κ2) is 6.42. The van der Waals surface area contributed by atoms with Crippen LogP contribution >= 0.6 is 0 Å². The van der Waals surface area contributed by atoms with Crippen molar-refractivity contribution in [2.45, 2.75) is 25.4 Å². The van der Waals surface area contributed by atoms with E-state index in [-0.39, 0.29) is 18.0 Å². The molecule has 6 nitrogen and oxygen atoms in total. The first-order chi connectivity index (χ1) is 11.0. The number of aryl methyl sites for hydroxylation is 2. The van der Waals surface area contributed by atoms with Crippen molar-refractivity contribution in [2.24, 2.45) is 12.8 Å². The highest BCUT2D eigenvalue weighted by Crippen LogP contribution is 2.25. The number of carbonyl (C=O) groups excluding carboxylic acids is 1. The van der Waals surface area contributed by atoms with Crippen molar-refractivity contribution in [3.8, 4) is 0 Å². The smallest absolute Gasteiger partial charge is 0.317 e. The third-order valence-electron chi connectivity index (χ3n) is 4.32. The Bertz CT molecular complexity index is 679. The summed E-state index contributed by atoms with van der Waals surface area (Å²) in [5.74, 6) is 0.0984. The molecule has 6 heteroatoms. The van der Waals surface area contributed by atoms with Gasteiger partial charge in [0.1, 0.15) is 0 Å². The monoisotopic (exact) mass is 313 g/mol. The van der Waals surface area contributed by atoms with Crippen LogP contribution in [0.2, 0.25) is 0 Å². The SMILES string of the molecule is Cc1ccc(CNC(=O)N2C[C@@H](N)[C@H](c3cn(C)cn3)C2)cc1. The minimum Gasteiger partial charge on any atom is -0.340 e. The zero-order chi connectivity index (χ0) is 16.4. The van der Waals surface area contributed by atoms with Gasteiger partial charge in [-0.1, -0.05) is 29.8 Å². The largest absolute Gasteiger partial charge is 0.340 e. The third-order valence-corrected chi connectivity index (χ3v) is 4.32. The topological polar surface area (TPSA) is 76.2 Å². The number of carbonyl (C=O) groups is 1. The van der Waals surface area contributed by atoms with E-state index in [1.807, 2.05) is 49.0 Å². The summed E-state index contributed by atoms with van der Waals surface area (Å²) in [4.78, 5) is 18.5. The van der Waals surface area contributed by atoms with E-state index in [2.05, 4.69) is 10.3 Å². The fourth-order valence-electron chi connectivity index (χ4n) is 2.93. The molecule has 0 bridgehead atoms. The highest BCUT2D eigenvalue weighted by atomic mass is 16.2. The number of hydrogen-bond acceptors (Lipinski definition) is 3. The van der Waals surface area contributed by atoms with Gasteiger partial charge >= 0.3 is 6.03 Å². The van der Waals surface area contributed by atoms with Gasteiger partial charge in [-0.15, -0.1) is 0 Å². The fraction of sp³-hybridized carbons (Fsp3) is 0.412. The van der Waals surface area contributed by atoms with Crippen molar-refractivity contribution in [2.75, 3.05) is 13.1 Å². The molecule has 3 N–H and O–H groups in total. The zero-order valence-corrected chi connectivity index (χ0v) is 13.6. The van der Waals surface area contributed by atoms with Crippen LogP contribution in [0, 0.1) is 6.92 Å². The minimum atomic E-state index is -0.0741. The molecule has 1 saturated heterocycles. The predicted octanol–water partition coefficient (Wildman–Crippen LogP) is 1.36. The molecule has 0 unspecified atom stereocenters. The predicted molar refractivity (Wildman–Crippen MR) is 88.9 cm³/mol. The molecule has 0 aliphatic carbocycles. The summed E-state index contributed by atoms with van der Waals surface area (Å²) in [5.41, 5.74) is 9.46. The average Bonchev–Trinajstić information content (AvgIpc) is 3.12. The highest BCUT2D eigenvalue weighted by molar-refractivity contribution is 5.74. The lowest BCUT2D eigenvalue weighted by molar-refractivity contribution is 0.207. The molecule has 2 amide bonds. The molecule has 1 aliphatic heterocycles. The molecule has 23 heavy (non-hydrogen) atoms. The molecule has 122 valence electrons. The lowest BCUT2D eigenvalue weighted by Crippen LogP contribution is -2.39. The van der Waals surface area contributed by atoms with E-state index < -0.39 is 0 Å². The summed E-state index contributed by atoms with van der Waals surface area (Å²) in [6.07, 6.45) is 3.74. The van der Waals surface area contributed by atoms with Crippen LogP contribution < -0.4 is 11.1 Å². The van der Waals surface area contributed by atoms with Gasteiger partial charge in [0.2, 0.25) is 0 Å². The van der Waals surface area contributed by atoms with Crippen LogP contribution in [0.5, 0.6) is 0 Å². The number of hydrogen-bond donors (Lipinski definition) is 2. The Morgan fingerprint density at radius 1 is 1.35 bits per heavy atom. The van der Waals surface area contributed by atoms with Crippen LogP contribution in [0.15, 0.2) is 36.8 Å². The molecular weight excluding hydrogens is 290 g/mol. The Morgan fingerprint density at radius 3 is 2.74 bits per heavy atom. The number of nitrogens with zero attached hydrogens (tertiary/aromatic N) is 3. The zero-order valence-electron chi connectivity index (χ0n) is 13.6. The molecule has 2 heterocycles. The number of rotatable bonds is 3. The molecule has 1 fully saturated rings. The lowest BCUT2D eigenvalue weighted by atomic mass is 10.0. The number of aromatic nitrogens is 2. The van der Waals surface area contributed by atoms with Gasteiger partial charge in [0.25, 0.3) is 0 Å². The van der Waals surface area contributed by atoms with Gasteiger partial charge in [-0.05, 0) is 12.5 Å². The molecule has 2 atom stereocenters. The summed E-state index contributed by atoms with van der Waals surface area (Å²) in [7, 11) is 1.93. The summed E-state index contributed by atoms with van der Waals surface area (Å²) in [6.45, 7) is 3.74. The molecule has 0 saturated carbocycles. The van der Waals surface area contributed by atoms with Gasteiger partial charge in [0.05, 0.1) is 12.0 Å². The number of likely N-dealkylation sites (tertiary alicyclic amines) is 1. The summed E-state index contributed by atoms with van der Waals surface area (Å²) in [5, 5.41) is 2.96. The number of urea groups is 1. The molecule has 2 aromatic rings. The molecule has 3 rings (SSSR count).